The molecular formula is C22H26N2O6. The number of fused-ring (bicyclic) bond motifs is 1. The lowest BCUT2D eigenvalue weighted by Crippen LogP contribution is -2.46. The van der Waals surface area contributed by atoms with Crippen LogP contribution in [0, 0.1) is 11.8 Å². The maximum absolute atomic E-state index is 12.6. The Balaban J connectivity index is 1.59. The number of likely N-dealkylation sites (tertiary alicyclic amines) is 1. The molecule has 8 heteroatoms. The van der Waals surface area contributed by atoms with Crippen LogP contribution >= 0.6 is 0 Å². The minimum absolute atomic E-state index is 0.0880. The van der Waals surface area contributed by atoms with Crippen LogP contribution in [0.1, 0.15) is 56.8 Å². The molecule has 2 aliphatic rings. The van der Waals surface area contributed by atoms with Gasteiger partial charge in [-0.05, 0) is 57.9 Å². The van der Waals surface area contributed by atoms with Crippen molar-refractivity contribution in [2.45, 2.75) is 58.6 Å². The molecule has 4 atom stereocenters. The van der Waals surface area contributed by atoms with Gasteiger partial charge in [0.05, 0.1) is 11.8 Å². The Labute approximate surface area is 174 Å². The first-order valence-electron chi connectivity index (χ1n) is 10.2. The Morgan fingerprint density at radius 1 is 1.00 bits per heavy atom. The highest BCUT2D eigenvalue weighted by molar-refractivity contribution is 6.08. The summed E-state index contributed by atoms with van der Waals surface area (Å²) in [5.74, 6) is -2.78. The van der Waals surface area contributed by atoms with E-state index in [-0.39, 0.29) is 29.4 Å². The molecule has 0 bridgehead atoms. The molecule has 1 saturated heterocycles. The van der Waals surface area contributed by atoms with Gasteiger partial charge < -0.3 is 10.1 Å². The van der Waals surface area contributed by atoms with Crippen molar-refractivity contribution in [2.24, 2.45) is 11.8 Å². The number of hydrogen-bond donors (Lipinski definition) is 1. The minimum atomic E-state index is -1.12. The number of anilines is 1. The molecule has 8 nitrogen and oxygen atoms in total. The first-order chi connectivity index (χ1) is 14.2. The number of hydrogen-bond acceptors (Lipinski definition) is 6. The van der Waals surface area contributed by atoms with Gasteiger partial charge in [-0.2, -0.15) is 0 Å². The third kappa shape index (κ3) is 4.27. The van der Waals surface area contributed by atoms with Crippen molar-refractivity contribution in [3.05, 3.63) is 29.8 Å². The second kappa shape index (κ2) is 8.77. The molecule has 1 heterocycles. The summed E-state index contributed by atoms with van der Waals surface area (Å²) < 4.78 is 5.22. The van der Waals surface area contributed by atoms with E-state index in [2.05, 4.69) is 5.32 Å². The number of benzene rings is 1. The molecule has 1 aliphatic carbocycles. The molecule has 2 fully saturated rings. The number of carbonyl (C=O) groups is 5. The van der Waals surface area contributed by atoms with Crippen molar-refractivity contribution in [1.82, 2.24) is 4.90 Å². The standard InChI is InChI=1S/C22H26N2O6/c1-12(24-20(27)17-6-4-5-7-18(17)21(24)28)22(29)30-14(3)19(26)23-16-10-8-15(9-11-16)13(2)25/h8-12,14,17-18H,4-7H2,1-3H3,(H,23,26)/t12-,14+,17-,18+/m0/s1. The number of nitrogens with one attached hydrogen (secondary N) is 1. The molecule has 0 spiro atoms. The lowest BCUT2D eigenvalue weighted by molar-refractivity contribution is -0.163. The zero-order valence-corrected chi connectivity index (χ0v) is 17.3. The van der Waals surface area contributed by atoms with Gasteiger partial charge in [-0.1, -0.05) is 12.8 Å². The maximum atomic E-state index is 12.6. The summed E-state index contributed by atoms with van der Waals surface area (Å²) in [6, 6.07) is 5.24. The predicted octanol–water partition coefficient (Wildman–Crippen LogP) is 2.32. The molecule has 3 amide bonds. The third-order valence-electron chi connectivity index (χ3n) is 5.82. The van der Waals surface area contributed by atoms with E-state index in [1.165, 1.54) is 20.8 Å². The van der Waals surface area contributed by atoms with Crippen LogP contribution in [0.15, 0.2) is 24.3 Å². The van der Waals surface area contributed by atoms with Crippen LogP contribution in [0.4, 0.5) is 5.69 Å². The number of Topliss-reactive ketones (excluding diaryl/α,β-unsaturated/α-hetero) is 1. The van der Waals surface area contributed by atoms with Gasteiger partial charge in [0.1, 0.15) is 6.04 Å². The van der Waals surface area contributed by atoms with E-state index < -0.39 is 24.0 Å². The van der Waals surface area contributed by atoms with Crippen molar-refractivity contribution in [2.75, 3.05) is 5.32 Å². The zero-order valence-electron chi connectivity index (χ0n) is 17.3. The predicted molar refractivity (Wildman–Crippen MR) is 107 cm³/mol. The van der Waals surface area contributed by atoms with Crippen LogP contribution in [-0.2, 0) is 23.9 Å². The fourth-order valence-electron chi connectivity index (χ4n) is 4.03. The molecule has 0 radical (unpaired) electrons. The van der Waals surface area contributed by atoms with E-state index in [1.54, 1.807) is 24.3 Å². The summed E-state index contributed by atoms with van der Waals surface area (Å²) in [5, 5.41) is 2.60. The molecule has 0 aromatic heterocycles. The average Bonchev–Trinajstić information content (AvgIpc) is 2.98. The Morgan fingerprint density at radius 2 is 1.53 bits per heavy atom. The van der Waals surface area contributed by atoms with E-state index in [4.69, 9.17) is 4.74 Å². The van der Waals surface area contributed by atoms with Gasteiger partial charge in [0, 0.05) is 11.3 Å². The van der Waals surface area contributed by atoms with Crippen LogP contribution in [-0.4, -0.2) is 46.5 Å². The van der Waals surface area contributed by atoms with Crippen LogP contribution in [0.5, 0.6) is 0 Å². The largest absolute Gasteiger partial charge is 0.451 e. The molecule has 1 aromatic carbocycles. The van der Waals surface area contributed by atoms with Gasteiger partial charge in [-0.3, -0.25) is 24.1 Å². The topological polar surface area (TPSA) is 110 Å². The lowest BCUT2D eigenvalue weighted by Gasteiger charge is -2.23. The molecule has 1 aromatic rings. The highest BCUT2D eigenvalue weighted by atomic mass is 16.5. The second-order valence-corrected chi connectivity index (χ2v) is 7.92. The van der Waals surface area contributed by atoms with Crippen LogP contribution in [0.25, 0.3) is 0 Å². The molecular weight excluding hydrogens is 388 g/mol. The van der Waals surface area contributed by atoms with E-state index >= 15 is 0 Å². The Hall–Kier alpha value is -3.03. The second-order valence-electron chi connectivity index (χ2n) is 7.92. The number of carbonyl (C=O) groups excluding carboxylic acids is 5. The molecule has 1 aliphatic heterocycles. The SMILES string of the molecule is CC(=O)c1ccc(NC(=O)[C@@H](C)OC(=O)[C@H](C)N2C(=O)[C@H]3CCCC[C@H]3C2=O)cc1. The Kier molecular flexibility index (Phi) is 6.34. The first-order valence-corrected chi connectivity index (χ1v) is 10.2. The number of imide groups is 1. The fraction of sp³-hybridized carbons (Fsp3) is 0.500. The molecule has 30 heavy (non-hydrogen) atoms. The number of ketones is 1. The van der Waals surface area contributed by atoms with E-state index in [0.717, 1.165) is 17.7 Å². The maximum Gasteiger partial charge on any atom is 0.329 e. The minimum Gasteiger partial charge on any atom is -0.451 e. The monoisotopic (exact) mass is 414 g/mol. The highest BCUT2D eigenvalue weighted by Gasteiger charge is 2.51. The smallest absolute Gasteiger partial charge is 0.329 e. The van der Waals surface area contributed by atoms with Crippen LogP contribution in [0.2, 0.25) is 0 Å². The Morgan fingerprint density at radius 3 is 2.03 bits per heavy atom. The van der Waals surface area contributed by atoms with Gasteiger partial charge in [-0.25, -0.2) is 4.79 Å². The molecule has 160 valence electrons. The zero-order chi connectivity index (χ0) is 22.0. The number of rotatable bonds is 6. The van der Waals surface area contributed by atoms with Crippen molar-refractivity contribution < 1.29 is 28.7 Å². The summed E-state index contributed by atoms with van der Waals surface area (Å²) in [6.07, 6.45) is 2.00. The van der Waals surface area contributed by atoms with E-state index in [9.17, 15) is 24.0 Å². The lowest BCUT2D eigenvalue weighted by atomic mass is 9.81. The highest BCUT2D eigenvalue weighted by Crippen LogP contribution is 2.38. The quantitative estimate of drug-likeness (QED) is 0.435. The third-order valence-corrected chi connectivity index (χ3v) is 5.82. The molecule has 3 rings (SSSR count). The number of esters is 1. The van der Waals surface area contributed by atoms with Gasteiger partial charge in [0.25, 0.3) is 5.91 Å². The number of ether oxygens (including phenoxy) is 1. The fourth-order valence-corrected chi connectivity index (χ4v) is 4.03. The van der Waals surface area contributed by atoms with E-state index in [1.807, 2.05) is 0 Å². The van der Waals surface area contributed by atoms with Crippen molar-refractivity contribution in [1.29, 1.82) is 0 Å². The summed E-state index contributed by atoms with van der Waals surface area (Å²) in [7, 11) is 0. The van der Waals surface area contributed by atoms with Gasteiger partial charge in [-0.15, -0.1) is 0 Å². The summed E-state index contributed by atoms with van der Waals surface area (Å²) in [6.45, 7) is 4.30. The first kappa shape index (κ1) is 21.7. The molecule has 1 N–H and O–H groups in total. The van der Waals surface area contributed by atoms with Gasteiger partial charge >= 0.3 is 5.97 Å². The van der Waals surface area contributed by atoms with Crippen LogP contribution in [0.3, 0.4) is 0 Å². The van der Waals surface area contributed by atoms with Gasteiger partial charge in [0.2, 0.25) is 11.8 Å². The number of amides is 3. The average molecular weight is 414 g/mol. The Bertz CT molecular complexity index is 854. The van der Waals surface area contributed by atoms with Crippen LogP contribution < -0.4 is 5.32 Å². The number of nitrogens with zero attached hydrogens (tertiary/aromatic N) is 1. The summed E-state index contributed by atoms with van der Waals surface area (Å²) in [5.41, 5.74) is 0.969. The molecule has 0 unspecified atom stereocenters. The van der Waals surface area contributed by atoms with Gasteiger partial charge in [0.15, 0.2) is 11.9 Å². The molecule has 1 saturated carbocycles. The van der Waals surface area contributed by atoms with Crippen molar-refractivity contribution in [3.8, 4) is 0 Å². The normalized spacial score (nSPS) is 22.8. The summed E-state index contributed by atoms with van der Waals surface area (Å²) in [4.78, 5) is 62.4. The summed E-state index contributed by atoms with van der Waals surface area (Å²) >= 11 is 0. The van der Waals surface area contributed by atoms with Crippen molar-refractivity contribution >= 4 is 35.2 Å². The van der Waals surface area contributed by atoms with Crippen molar-refractivity contribution in [3.63, 3.8) is 0 Å². The van der Waals surface area contributed by atoms with E-state index in [0.29, 0.717) is 24.1 Å².